The third-order valence-corrected chi connectivity index (χ3v) is 0. The molecule has 0 aliphatic heterocycles. The molecular formula is CuFeOTb. The van der Waals surface area contributed by atoms with Crippen molar-refractivity contribution in [1.29, 1.82) is 0 Å². The Hall–Kier alpha value is 2.12. The fourth-order valence-corrected chi connectivity index (χ4v) is 0. The summed E-state index contributed by atoms with van der Waals surface area (Å²) in [6, 6.07) is 0. The first-order valence-corrected chi connectivity index (χ1v) is 0.595. The molecule has 2 radical (unpaired) electrons. The van der Waals surface area contributed by atoms with Crippen LogP contribution in [0.5, 0.6) is 0 Å². The molecule has 0 heterocycles. The Bertz CT molecular complexity index is 8.00. The van der Waals surface area contributed by atoms with Gasteiger partial charge in [0.15, 0.2) is 0 Å². The molecule has 0 aromatic carbocycles. The fourth-order valence-electron chi connectivity index (χ4n) is 0. The normalized spacial score (nSPS) is 1.25. The summed E-state index contributed by atoms with van der Waals surface area (Å²) < 4.78 is 8.00. The first kappa shape index (κ1) is 16.5. The van der Waals surface area contributed by atoms with Gasteiger partial charge in [-0.3, -0.25) is 0 Å². The molecule has 0 saturated heterocycles. The van der Waals surface area contributed by atoms with Gasteiger partial charge in [0.1, 0.15) is 0 Å². The van der Waals surface area contributed by atoms with E-state index in [1.54, 1.807) is 0 Å². The van der Waals surface area contributed by atoms with Crippen LogP contribution in [0, 0.1) is 38.6 Å². The third kappa shape index (κ3) is 8.92. The van der Waals surface area contributed by atoms with Crippen LogP contribution >= 0.6 is 0 Å². The van der Waals surface area contributed by atoms with Gasteiger partial charge >= 0.3 is 19.8 Å². The van der Waals surface area contributed by atoms with Crippen molar-refractivity contribution in [3.05, 3.63) is 0 Å². The summed E-state index contributed by atoms with van der Waals surface area (Å²) in [5.74, 6) is 0. The Morgan fingerprint density at radius 3 is 1.25 bits per heavy atom. The summed E-state index contributed by atoms with van der Waals surface area (Å²) >= 11 is 2.00. The first-order valence-electron chi connectivity index (χ1n) is 0.144. The average Bonchev–Trinajstić information content (AvgIpc) is 1.00. The van der Waals surface area contributed by atoms with Crippen LogP contribution in [-0.4, -0.2) is 0 Å². The van der Waals surface area contributed by atoms with Gasteiger partial charge in [0.25, 0.3) is 0 Å². The topological polar surface area (TPSA) is 17.1 Å². The van der Waals surface area contributed by atoms with E-state index in [2.05, 4.69) is 0 Å². The number of hydrogen-bond donors (Lipinski definition) is 0. The van der Waals surface area contributed by atoms with Gasteiger partial charge in [0.05, 0.1) is 0 Å². The van der Waals surface area contributed by atoms with Gasteiger partial charge < -0.3 is 0 Å². The Labute approximate surface area is 74.2 Å². The molecule has 0 atom stereocenters. The SMILES string of the molecule is [Cu].[O]=[Fe].[Tb]. The van der Waals surface area contributed by atoms with Crippen molar-refractivity contribution in [2.24, 2.45) is 0 Å². The van der Waals surface area contributed by atoms with Crippen molar-refractivity contribution >= 4 is 0 Å². The van der Waals surface area contributed by atoms with E-state index in [1.165, 1.54) is 0 Å². The molecule has 0 saturated carbocycles. The van der Waals surface area contributed by atoms with E-state index in [0.717, 1.165) is 0 Å². The van der Waals surface area contributed by atoms with Crippen LogP contribution in [-0.2, 0) is 36.8 Å². The molecule has 0 bridgehead atoms. The molecule has 0 aliphatic rings. The van der Waals surface area contributed by atoms with E-state index in [1.807, 2.05) is 15.9 Å². The molecule has 0 fully saturated rings. The van der Waals surface area contributed by atoms with Crippen molar-refractivity contribution in [3.8, 4) is 0 Å². The maximum atomic E-state index is 8.00. The van der Waals surface area contributed by atoms with Crippen LogP contribution in [0.25, 0.3) is 0 Å². The molecule has 1 nitrogen and oxygen atoms in total. The number of rotatable bonds is 0. The summed E-state index contributed by atoms with van der Waals surface area (Å²) in [4.78, 5) is 0. The predicted molar refractivity (Wildman–Crippen MR) is 0.686 cm³/mol. The van der Waals surface area contributed by atoms with Gasteiger partial charge in [-0.1, -0.05) is 0 Å². The van der Waals surface area contributed by atoms with E-state index >= 15 is 0 Å². The van der Waals surface area contributed by atoms with Crippen LogP contribution in [0.15, 0.2) is 0 Å². The molecular weight excluding hydrogens is 294 g/mol. The summed E-state index contributed by atoms with van der Waals surface area (Å²) in [6.45, 7) is 0. The van der Waals surface area contributed by atoms with Crippen LogP contribution in [0.1, 0.15) is 0 Å². The van der Waals surface area contributed by atoms with E-state index in [4.69, 9.17) is 3.83 Å². The van der Waals surface area contributed by atoms with Crippen molar-refractivity contribution < 1.29 is 75.5 Å². The van der Waals surface area contributed by atoms with Crippen molar-refractivity contribution in [2.75, 3.05) is 0 Å². The van der Waals surface area contributed by atoms with Crippen LogP contribution in [0.3, 0.4) is 0 Å². The molecule has 0 rings (SSSR count). The smallest absolute Gasteiger partial charge is 0 e. The Balaban J connectivity index is -0.00000000500. The van der Waals surface area contributed by atoms with E-state index in [9.17, 15) is 0 Å². The van der Waals surface area contributed by atoms with Gasteiger partial charge in [0.2, 0.25) is 0 Å². The molecule has 0 aliphatic carbocycles. The molecule has 0 amide bonds. The molecule has 0 spiro atoms. The zero-order valence-electron chi connectivity index (χ0n) is 1.40. The van der Waals surface area contributed by atoms with Gasteiger partial charge in [-0.05, 0) is 0 Å². The summed E-state index contributed by atoms with van der Waals surface area (Å²) in [6.07, 6.45) is 0. The van der Waals surface area contributed by atoms with Crippen LogP contribution < -0.4 is 0 Å². The molecule has 4 heavy (non-hydrogen) atoms. The van der Waals surface area contributed by atoms with E-state index in [-0.39, 0.29) is 55.7 Å². The maximum absolute atomic E-state index is 8.00. The minimum absolute atomic E-state index is 0. The Morgan fingerprint density at radius 1 is 1.25 bits per heavy atom. The third-order valence-electron chi connectivity index (χ3n) is 0. The zero-order valence-corrected chi connectivity index (χ0v) is 5.58. The van der Waals surface area contributed by atoms with Gasteiger partial charge in [0, 0.05) is 55.7 Å². The van der Waals surface area contributed by atoms with Gasteiger partial charge in [-0.2, -0.15) is 0 Å². The van der Waals surface area contributed by atoms with Crippen molar-refractivity contribution in [1.82, 2.24) is 0 Å². The average molecular weight is 294 g/mol. The summed E-state index contributed by atoms with van der Waals surface area (Å²) in [5.41, 5.74) is 0. The minimum atomic E-state index is 0. The van der Waals surface area contributed by atoms with Crippen LogP contribution in [0.2, 0.25) is 0 Å². The molecule has 0 aromatic heterocycles. The molecule has 34 valence electrons. The second-order valence-corrected chi connectivity index (χ2v) is 0. The summed E-state index contributed by atoms with van der Waals surface area (Å²) in [5, 5.41) is 0. The van der Waals surface area contributed by atoms with E-state index < -0.39 is 0 Å². The first-order chi connectivity index (χ1) is 1.00. The van der Waals surface area contributed by atoms with Crippen molar-refractivity contribution in [3.63, 3.8) is 0 Å². The Kier molecular flexibility index (Phi) is 79.5. The van der Waals surface area contributed by atoms with E-state index in [0.29, 0.717) is 0 Å². The van der Waals surface area contributed by atoms with Crippen molar-refractivity contribution in [2.45, 2.75) is 0 Å². The zero-order chi connectivity index (χ0) is 2.00. The monoisotopic (exact) mass is 294 g/mol. The predicted octanol–water partition coefficient (Wildman–Crippen LogP) is -0.124. The van der Waals surface area contributed by atoms with Gasteiger partial charge in [-0.25, -0.2) is 0 Å². The standard InChI is InChI=1S/Cu.Fe.O.Tb. The minimum Gasteiger partial charge on any atom is 0 e. The molecule has 4 heteroatoms. The fraction of sp³-hybridized carbons (Fsp3) is 0. The largest absolute Gasteiger partial charge is 0 e. The molecule has 0 aromatic rings. The second-order valence-electron chi connectivity index (χ2n) is 0. The van der Waals surface area contributed by atoms with Gasteiger partial charge in [-0.15, -0.1) is 0 Å². The molecule has 0 unspecified atom stereocenters. The maximum Gasteiger partial charge on any atom is 0 e. The quantitative estimate of drug-likeness (QED) is 0.569. The molecule has 0 N–H and O–H groups in total. The van der Waals surface area contributed by atoms with Crippen LogP contribution in [0.4, 0.5) is 0 Å². The second kappa shape index (κ2) is 19.3. The summed E-state index contributed by atoms with van der Waals surface area (Å²) in [7, 11) is 0. The Morgan fingerprint density at radius 2 is 1.25 bits per heavy atom. The number of hydrogen-bond acceptors (Lipinski definition) is 1.